The van der Waals surface area contributed by atoms with Crippen LogP contribution in [-0.4, -0.2) is 10.8 Å². The molecule has 0 aliphatic rings. The Balaban J connectivity index is 2.17. The first kappa shape index (κ1) is 13.0. The topological polar surface area (TPSA) is 30.0 Å². The van der Waals surface area contributed by atoms with Crippen LogP contribution in [0.15, 0.2) is 23.6 Å². The minimum absolute atomic E-state index is 0.0534. The summed E-state index contributed by atoms with van der Waals surface area (Å²) in [6.07, 6.45) is 0.343. The highest BCUT2D eigenvalue weighted by atomic mass is 127. The Morgan fingerprint density at radius 1 is 1.53 bits per heavy atom. The SMILES string of the molecule is Cc1csc(CC(=O)c2ccc(I)c(Cl)c2)n1. The number of carbonyl (C=O) groups is 1. The molecule has 0 saturated heterocycles. The first-order valence-corrected chi connectivity index (χ1v) is 7.29. The lowest BCUT2D eigenvalue weighted by molar-refractivity contribution is 0.0993. The van der Waals surface area contributed by atoms with Crippen molar-refractivity contribution >= 4 is 51.3 Å². The number of ketones is 1. The lowest BCUT2D eigenvalue weighted by Crippen LogP contribution is -2.03. The van der Waals surface area contributed by atoms with E-state index < -0.39 is 0 Å². The monoisotopic (exact) mass is 377 g/mol. The molecule has 0 aliphatic carbocycles. The van der Waals surface area contributed by atoms with Gasteiger partial charge in [0.1, 0.15) is 5.01 Å². The first-order chi connectivity index (χ1) is 8.06. The normalized spacial score (nSPS) is 10.5. The smallest absolute Gasteiger partial charge is 0.169 e. The van der Waals surface area contributed by atoms with E-state index in [0.717, 1.165) is 14.3 Å². The van der Waals surface area contributed by atoms with Gasteiger partial charge in [0, 0.05) is 20.2 Å². The molecule has 0 saturated carbocycles. The molecular formula is C12H9ClINOS. The second kappa shape index (κ2) is 5.46. The Bertz CT molecular complexity index is 567. The first-order valence-electron chi connectivity index (χ1n) is 4.95. The van der Waals surface area contributed by atoms with E-state index in [2.05, 4.69) is 27.6 Å². The van der Waals surface area contributed by atoms with Gasteiger partial charge in [0.2, 0.25) is 0 Å². The van der Waals surface area contributed by atoms with Gasteiger partial charge in [-0.1, -0.05) is 17.7 Å². The number of hydrogen-bond donors (Lipinski definition) is 0. The third kappa shape index (κ3) is 3.26. The molecule has 2 nitrogen and oxygen atoms in total. The lowest BCUT2D eigenvalue weighted by Gasteiger charge is -2.01. The minimum Gasteiger partial charge on any atom is -0.294 e. The molecule has 0 fully saturated rings. The summed E-state index contributed by atoms with van der Waals surface area (Å²) in [5.41, 5.74) is 1.60. The molecule has 2 aromatic rings. The molecule has 0 amide bonds. The van der Waals surface area contributed by atoms with Crippen LogP contribution in [0.1, 0.15) is 21.1 Å². The maximum atomic E-state index is 12.0. The van der Waals surface area contributed by atoms with Gasteiger partial charge in [0.15, 0.2) is 5.78 Å². The maximum absolute atomic E-state index is 12.0. The van der Waals surface area contributed by atoms with Crippen LogP contribution in [0.2, 0.25) is 5.02 Å². The van der Waals surface area contributed by atoms with E-state index >= 15 is 0 Å². The second-order valence-electron chi connectivity index (χ2n) is 3.61. The lowest BCUT2D eigenvalue weighted by atomic mass is 10.1. The average Bonchev–Trinajstić information content (AvgIpc) is 2.68. The summed E-state index contributed by atoms with van der Waals surface area (Å²) in [7, 11) is 0. The number of rotatable bonds is 3. The Labute approximate surface area is 122 Å². The number of benzene rings is 1. The third-order valence-corrected chi connectivity index (χ3v) is 4.76. The number of carbonyl (C=O) groups excluding carboxylic acids is 1. The fraction of sp³-hybridized carbons (Fsp3) is 0.167. The van der Waals surface area contributed by atoms with Gasteiger partial charge in [0.05, 0.1) is 11.4 Å². The van der Waals surface area contributed by atoms with Crippen LogP contribution in [0, 0.1) is 10.5 Å². The standard InChI is InChI=1S/C12H9ClINOS/c1-7-6-17-12(15-7)5-11(16)8-2-3-10(14)9(13)4-8/h2-4,6H,5H2,1H3. The Morgan fingerprint density at radius 2 is 2.29 bits per heavy atom. The van der Waals surface area contributed by atoms with E-state index in [0.29, 0.717) is 17.0 Å². The minimum atomic E-state index is 0.0534. The van der Waals surface area contributed by atoms with Gasteiger partial charge < -0.3 is 0 Å². The number of aromatic nitrogens is 1. The van der Waals surface area contributed by atoms with Gasteiger partial charge in [-0.25, -0.2) is 4.98 Å². The molecule has 1 aromatic heterocycles. The highest BCUT2D eigenvalue weighted by Crippen LogP contribution is 2.21. The summed E-state index contributed by atoms with van der Waals surface area (Å²) in [6.45, 7) is 1.92. The maximum Gasteiger partial charge on any atom is 0.169 e. The van der Waals surface area contributed by atoms with Crippen molar-refractivity contribution < 1.29 is 4.79 Å². The molecule has 1 heterocycles. The molecular weight excluding hydrogens is 369 g/mol. The van der Waals surface area contributed by atoms with E-state index in [1.807, 2.05) is 18.4 Å². The highest BCUT2D eigenvalue weighted by Gasteiger charge is 2.11. The Morgan fingerprint density at radius 3 is 2.88 bits per heavy atom. The number of nitrogens with zero attached hydrogens (tertiary/aromatic N) is 1. The number of aryl methyl sites for hydroxylation is 1. The molecule has 0 N–H and O–H groups in total. The predicted molar refractivity (Wildman–Crippen MR) is 79.1 cm³/mol. The summed E-state index contributed by atoms with van der Waals surface area (Å²) in [5, 5.41) is 3.41. The largest absolute Gasteiger partial charge is 0.294 e. The number of halogens is 2. The Kier molecular flexibility index (Phi) is 4.17. The third-order valence-electron chi connectivity index (χ3n) is 2.22. The number of Topliss-reactive ketones (excluding diaryl/α,β-unsaturated/α-hetero) is 1. The molecule has 0 atom stereocenters. The Hall–Kier alpha value is -0.460. The fourth-order valence-corrected chi connectivity index (χ4v) is 2.68. The second-order valence-corrected chi connectivity index (χ2v) is 6.12. The van der Waals surface area contributed by atoms with Crippen LogP contribution >= 0.6 is 45.5 Å². The van der Waals surface area contributed by atoms with E-state index in [-0.39, 0.29) is 5.78 Å². The van der Waals surface area contributed by atoms with Crippen molar-refractivity contribution in [2.24, 2.45) is 0 Å². The van der Waals surface area contributed by atoms with Crippen molar-refractivity contribution in [2.75, 3.05) is 0 Å². The summed E-state index contributed by atoms with van der Waals surface area (Å²) in [6, 6.07) is 5.37. The van der Waals surface area contributed by atoms with Crippen molar-refractivity contribution in [3.8, 4) is 0 Å². The van der Waals surface area contributed by atoms with Crippen LogP contribution in [0.5, 0.6) is 0 Å². The van der Waals surface area contributed by atoms with Gasteiger partial charge in [-0.3, -0.25) is 4.79 Å². The fourth-order valence-electron chi connectivity index (χ4n) is 1.39. The van der Waals surface area contributed by atoms with Crippen molar-refractivity contribution in [3.63, 3.8) is 0 Å². The van der Waals surface area contributed by atoms with Crippen molar-refractivity contribution in [1.82, 2.24) is 4.98 Å². The molecule has 0 spiro atoms. The van der Waals surface area contributed by atoms with Crippen molar-refractivity contribution in [2.45, 2.75) is 13.3 Å². The molecule has 0 radical (unpaired) electrons. The van der Waals surface area contributed by atoms with Crippen molar-refractivity contribution in [3.05, 3.63) is 48.4 Å². The molecule has 2 rings (SSSR count). The van der Waals surface area contributed by atoms with Crippen LogP contribution in [0.4, 0.5) is 0 Å². The zero-order valence-electron chi connectivity index (χ0n) is 9.04. The average molecular weight is 378 g/mol. The molecule has 0 unspecified atom stereocenters. The quantitative estimate of drug-likeness (QED) is 0.594. The summed E-state index contributed by atoms with van der Waals surface area (Å²) < 4.78 is 0.950. The molecule has 88 valence electrons. The van der Waals surface area contributed by atoms with Gasteiger partial charge in [-0.15, -0.1) is 11.3 Å². The summed E-state index contributed by atoms with van der Waals surface area (Å²) in [5.74, 6) is 0.0534. The molecule has 5 heteroatoms. The van der Waals surface area contributed by atoms with Gasteiger partial charge in [-0.05, 0) is 41.6 Å². The zero-order valence-corrected chi connectivity index (χ0v) is 12.8. The van der Waals surface area contributed by atoms with E-state index in [1.165, 1.54) is 11.3 Å². The van der Waals surface area contributed by atoms with Crippen molar-refractivity contribution in [1.29, 1.82) is 0 Å². The summed E-state index contributed by atoms with van der Waals surface area (Å²) >= 11 is 9.64. The van der Waals surface area contributed by atoms with Crippen LogP contribution < -0.4 is 0 Å². The van der Waals surface area contributed by atoms with E-state index in [1.54, 1.807) is 12.1 Å². The van der Waals surface area contributed by atoms with E-state index in [9.17, 15) is 4.79 Å². The van der Waals surface area contributed by atoms with Crippen LogP contribution in [0.25, 0.3) is 0 Å². The van der Waals surface area contributed by atoms with Gasteiger partial charge in [0.25, 0.3) is 0 Å². The molecule has 17 heavy (non-hydrogen) atoms. The van der Waals surface area contributed by atoms with Crippen LogP contribution in [-0.2, 0) is 6.42 Å². The number of thiazole rings is 1. The predicted octanol–water partition coefficient (Wildman–Crippen LogP) is 4.13. The van der Waals surface area contributed by atoms with Crippen LogP contribution in [0.3, 0.4) is 0 Å². The van der Waals surface area contributed by atoms with E-state index in [4.69, 9.17) is 11.6 Å². The zero-order chi connectivity index (χ0) is 12.4. The highest BCUT2D eigenvalue weighted by molar-refractivity contribution is 14.1. The molecule has 0 aliphatic heterocycles. The van der Waals surface area contributed by atoms with Gasteiger partial charge >= 0.3 is 0 Å². The molecule has 0 bridgehead atoms. The summed E-state index contributed by atoms with van der Waals surface area (Å²) in [4.78, 5) is 16.3. The van der Waals surface area contributed by atoms with Gasteiger partial charge in [-0.2, -0.15) is 0 Å². The number of hydrogen-bond acceptors (Lipinski definition) is 3. The molecule has 1 aromatic carbocycles.